The number of allylic oxidation sites excluding steroid dienone is 7. The van der Waals surface area contributed by atoms with Gasteiger partial charge >= 0.3 is 0 Å². The molecule has 0 fully saturated rings. The van der Waals surface area contributed by atoms with Gasteiger partial charge in [-0.2, -0.15) is 0 Å². The topological polar surface area (TPSA) is 35.3 Å². The molecule has 0 aliphatic carbocycles. The van der Waals surface area contributed by atoms with E-state index in [-0.39, 0.29) is 0 Å². The number of hydrogen-bond acceptors (Lipinski definition) is 4. The van der Waals surface area contributed by atoms with Crippen LogP contribution in [0.15, 0.2) is 178 Å². The van der Waals surface area contributed by atoms with Gasteiger partial charge < -0.3 is 9.15 Å². The van der Waals surface area contributed by atoms with Gasteiger partial charge in [0.05, 0.1) is 0 Å². The van der Waals surface area contributed by atoms with Gasteiger partial charge in [0, 0.05) is 27.8 Å². The van der Waals surface area contributed by atoms with Gasteiger partial charge in [-0.1, -0.05) is 98.9 Å². The minimum Gasteiger partial charge on any atom is -0.461 e. The fourth-order valence-electron chi connectivity index (χ4n) is 5.69. The zero-order valence-corrected chi connectivity index (χ0v) is 29.8. The molecule has 0 atom stereocenters. The van der Waals surface area contributed by atoms with E-state index in [0.717, 1.165) is 51.1 Å². The second kappa shape index (κ2) is 17.1. The summed E-state index contributed by atoms with van der Waals surface area (Å²) in [6.45, 7) is 12.0. The summed E-state index contributed by atoms with van der Waals surface area (Å²) in [5.41, 5.74) is 10.8. The van der Waals surface area contributed by atoms with Gasteiger partial charge in [-0.25, -0.2) is 0 Å². The van der Waals surface area contributed by atoms with Crippen molar-refractivity contribution in [2.24, 2.45) is 0 Å². The molecule has 50 heavy (non-hydrogen) atoms. The Kier molecular flexibility index (Phi) is 12.1. The highest BCUT2D eigenvalue weighted by Gasteiger charge is 2.15. The number of rotatable bonds is 8. The predicted octanol–water partition coefficient (Wildman–Crippen LogP) is 13.5. The number of nitrogens with zero attached hydrogens (tertiary/aromatic N) is 1. The van der Waals surface area contributed by atoms with Gasteiger partial charge in [-0.3, -0.25) is 4.98 Å². The van der Waals surface area contributed by atoms with Crippen LogP contribution in [0, 0.1) is 12.8 Å². The number of furan rings is 1. The summed E-state index contributed by atoms with van der Waals surface area (Å²) < 4.78 is 12.1. The number of benzene rings is 4. The van der Waals surface area contributed by atoms with E-state index in [1.807, 2.05) is 38.1 Å². The monoisotopic (exact) mass is 671 g/mol. The molecule has 0 saturated carbocycles. The van der Waals surface area contributed by atoms with Crippen LogP contribution in [0.5, 0.6) is 0 Å². The molecule has 3 nitrogen and oxygen atoms in total. The van der Waals surface area contributed by atoms with Gasteiger partial charge in [0.2, 0.25) is 0 Å². The van der Waals surface area contributed by atoms with Crippen molar-refractivity contribution in [3.63, 3.8) is 0 Å². The van der Waals surface area contributed by atoms with E-state index in [2.05, 4.69) is 141 Å². The quantitative estimate of drug-likeness (QED) is 0.119. The lowest BCUT2D eigenvalue weighted by Crippen LogP contribution is -1.85. The second-order valence-corrected chi connectivity index (χ2v) is 12.5. The molecule has 0 spiro atoms. The number of terminal acetylenes is 1. The molecule has 3 heterocycles. The maximum Gasteiger partial charge on any atom is 0.153 e. The summed E-state index contributed by atoms with van der Waals surface area (Å²) in [6.07, 6.45) is 20.5. The van der Waals surface area contributed by atoms with Crippen LogP contribution in [-0.2, 0) is 4.74 Å². The van der Waals surface area contributed by atoms with Crippen molar-refractivity contribution < 1.29 is 9.15 Å². The van der Waals surface area contributed by atoms with Gasteiger partial charge in [0.15, 0.2) is 5.58 Å². The first-order valence-electron chi connectivity index (χ1n) is 16.7. The Morgan fingerprint density at radius 3 is 2.16 bits per heavy atom. The molecule has 1 aliphatic rings. The summed E-state index contributed by atoms with van der Waals surface area (Å²) in [4.78, 5) is 6.87. The van der Waals surface area contributed by atoms with Crippen molar-refractivity contribution in [1.29, 1.82) is 0 Å². The molecule has 2 aromatic heterocycles. The Balaban J connectivity index is 0.00000117. The highest BCUT2D eigenvalue weighted by Crippen LogP contribution is 2.36. The Morgan fingerprint density at radius 1 is 0.800 bits per heavy atom. The van der Waals surface area contributed by atoms with E-state index in [9.17, 15) is 0 Å². The van der Waals surface area contributed by atoms with E-state index in [1.165, 1.54) is 37.6 Å². The van der Waals surface area contributed by atoms with Crippen molar-refractivity contribution >= 4 is 39.4 Å². The molecule has 0 unspecified atom stereocenters. The minimum atomic E-state index is 0.811. The Hall–Kier alpha value is -5.76. The average Bonchev–Trinajstić information content (AvgIpc) is 3.73. The molecule has 6 aromatic rings. The first-order valence-corrected chi connectivity index (χ1v) is 17.5. The average molecular weight is 672 g/mol. The van der Waals surface area contributed by atoms with Crippen LogP contribution in [0.1, 0.15) is 39.7 Å². The van der Waals surface area contributed by atoms with Gasteiger partial charge in [0.25, 0.3) is 0 Å². The van der Waals surface area contributed by atoms with Crippen LogP contribution in [-0.4, -0.2) is 4.98 Å². The van der Waals surface area contributed by atoms with Crippen molar-refractivity contribution in [1.82, 2.24) is 4.98 Å². The molecule has 1 aliphatic heterocycles. The molecular formula is C46H41NO2S. The standard InChI is InChI=1S/C42H33NO2S.C2H6.C2H2/c1-4-5-16-39-29(3)23-35(44-39)20-18-28(2)30-10-6-11-31(24-30)32-12-7-14-36(25-32)46-37-15-8-13-33(26-37)34-19-21-38-41(27-34)45-40-17-9-22-43-42(38)40;2*1-2/h4-22,24-27H,1,23H2,2-3H3;1-2H3;1-2H/b16-5-,28-18+,35-20+;;. The Labute approximate surface area is 300 Å². The SMILES string of the molecule is C#C.C=C/C=C\C1=C(C)C/C(=C\C=C(/C)c2cccc(-c3cccc(Sc4cccc(-c5ccc6c(c5)oc5cccnc56)c4)c3)c2)O1.CC. The largest absolute Gasteiger partial charge is 0.461 e. The van der Waals surface area contributed by atoms with E-state index < -0.39 is 0 Å². The lowest BCUT2D eigenvalue weighted by Gasteiger charge is -2.09. The van der Waals surface area contributed by atoms with Crippen molar-refractivity contribution in [2.45, 2.75) is 43.9 Å². The van der Waals surface area contributed by atoms with Crippen molar-refractivity contribution in [3.05, 3.63) is 169 Å². The fraction of sp³-hybridized carbons (Fsp3) is 0.109. The molecule has 0 N–H and O–H groups in total. The highest BCUT2D eigenvalue weighted by molar-refractivity contribution is 7.99. The van der Waals surface area contributed by atoms with Crippen LogP contribution in [0.2, 0.25) is 0 Å². The summed E-state index contributed by atoms with van der Waals surface area (Å²) in [6, 6.07) is 36.4. The molecule has 7 rings (SSSR count). The summed E-state index contributed by atoms with van der Waals surface area (Å²) in [5.74, 6) is 1.86. The van der Waals surface area contributed by atoms with Crippen molar-refractivity contribution in [2.75, 3.05) is 0 Å². The molecule has 248 valence electrons. The maximum absolute atomic E-state index is 6.09. The Bertz CT molecular complexity index is 2280. The van der Waals surface area contributed by atoms with Gasteiger partial charge in [-0.05, 0) is 120 Å². The third-order valence-electron chi connectivity index (χ3n) is 8.12. The zero-order valence-electron chi connectivity index (χ0n) is 29.0. The van der Waals surface area contributed by atoms with E-state index in [0.29, 0.717) is 0 Å². The Morgan fingerprint density at radius 2 is 1.46 bits per heavy atom. The predicted molar refractivity (Wildman–Crippen MR) is 214 cm³/mol. The minimum absolute atomic E-state index is 0.811. The smallest absolute Gasteiger partial charge is 0.153 e. The lowest BCUT2D eigenvalue weighted by atomic mass is 9.99. The maximum atomic E-state index is 6.09. The number of hydrogen-bond donors (Lipinski definition) is 0. The number of fused-ring (bicyclic) bond motifs is 3. The van der Waals surface area contributed by atoms with Crippen LogP contribution in [0.25, 0.3) is 49.9 Å². The molecular weight excluding hydrogens is 631 g/mol. The zero-order chi connectivity index (χ0) is 35.5. The van der Waals surface area contributed by atoms with Gasteiger partial charge in [-0.15, -0.1) is 12.8 Å². The summed E-state index contributed by atoms with van der Waals surface area (Å²) >= 11 is 1.77. The second-order valence-electron chi connectivity index (χ2n) is 11.4. The number of ether oxygens (including phenoxy) is 1. The molecule has 0 bridgehead atoms. The summed E-state index contributed by atoms with van der Waals surface area (Å²) in [5, 5.41) is 1.04. The molecule has 4 heteroatoms. The molecule has 4 aromatic carbocycles. The molecule has 0 radical (unpaired) electrons. The first-order chi connectivity index (χ1) is 24.5. The van der Waals surface area contributed by atoms with Crippen LogP contribution in [0.3, 0.4) is 0 Å². The van der Waals surface area contributed by atoms with Crippen molar-refractivity contribution in [3.8, 4) is 35.1 Å². The van der Waals surface area contributed by atoms with Crippen LogP contribution in [0.4, 0.5) is 0 Å². The lowest BCUT2D eigenvalue weighted by molar-refractivity contribution is 0.338. The van der Waals surface area contributed by atoms with Crippen LogP contribution < -0.4 is 0 Å². The van der Waals surface area contributed by atoms with E-state index in [4.69, 9.17) is 9.15 Å². The normalized spacial score (nSPS) is 13.6. The van der Waals surface area contributed by atoms with Crippen LogP contribution >= 0.6 is 11.8 Å². The third-order valence-corrected chi connectivity index (χ3v) is 9.10. The van der Waals surface area contributed by atoms with E-state index in [1.54, 1.807) is 24.0 Å². The number of aromatic nitrogens is 1. The highest BCUT2D eigenvalue weighted by atomic mass is 32.2. The molecule has 0 saturated heterocycles. The van der Waals surface area contributed by atoms with E-state index >= 15 is 0 Å². The van der Waals surface area contributed by atoms with Gasteiger partial charge in [0.1, 0.15) is 22.6 Å². The summed E-state index contributed by atoms with van der Waals surface area (Å²) in [7, 11) is 0. The molecule has 0 amide bonds. The number of pyridine rings is 1. The first kappa shape index (κ1) is 35.5. The fourth-order valence-corrected chi connectivity index (χ4v) is 6.62. The third kappa shape index (κ3) is 8.26.